The Balaban J connectivity index is 1.29. The topological polar surface area (TPSA) is 106 Å². The van der Waals surface area contributed by atoms with E-state index in [2.05, 4.69) is 10.1 Å². The maximum Gasteiger partial charge on any atom is 0.283 e. The Morgan fingerprint density at radius 1 is 0.897 bits per heavy atom. The molecule has 0 atom stereocenters. The fourth-order valence-corrected chi connectivity index (χ4v) is 5.00. The molecular formula is C29H26N4O5S. The van der Waals surface area contributed by atoms with E-state index >= 15 is 0 Å². The molecule has 0 bridgehead atoms. The van der Waals surface area contributed by atoms with Gasteiger partial charge in [-0.25, -0.2) is 0 Å². The molecule has 9 nitrogen and oxygen atoms in total. The van der Waals surface area contributed by atoms with Crippen molar-refractivity contribution in [3.63, 3.8) is 0 Å². The largest absolute Gasteiger partial charge is 0.493 e. The van der Waals surface area contributed by atoms with Crippen molar-refractivity contribution in [3.8, 4) is 23.0 Å². The minimum absolute atomic E-state index is 0.0335. The van der Waals surface area contributed by atoms with Crippen molar-refractivity contribution in [2.45, 2.75) is 6.92 Å². The Hall–Kier alpha value is -4.57. The average molecular weight is 543 g/mol. The molecule has 0 aromatic heterocycles. The van der Waals surface area contributed by atoms with E-state index in [0.717, 1.165) is 11.1 Å². The van der Waals surface area contributed by atoms with Gasteiger partial charge in [0.15, 0.2) is 28.8 Å². The van der Waals surface area contributed by atoms with Crippen molar-refractivity contribution in [2.75, 3.05) is 27.4 Å². The maximum atomic E-state index is 12.9. The van der Waals surface area contributed by atoms with Gasteiger partial charge in [0, 0.05) is 5.56 Å². The van der Waals surface area contributed by atoms with Crippen LogP contribution in [0.25, 0.3) is 6.08 Å². The molecule has 0 radical (unpaired) electrons. The quantitative estimate of drug-likeness (QED) is 0.295. The van der Waals surface area contributed by atoms with Crippen LogP contribution in [0.1, 0.15) is 16.7 Å². The van der Waals surface area contributed by atoms with Gasteiger partial charge in [0.05, 0.1) is 19.8 Å². The molecule has 0 spiro atoms. The van der Waals surface area contributed by atoms with Gasteiger partial charge < -0.3 is 18.9 Å². The van der Waals surface area contributed by atoms with Crippen molar-refractivity contribution >= 4 is 39.8 Å². The van der Waals surface area contributed by atoms with Crippen molar-refractivity contribution in [1.29, 1.82) is 5.41 Å². The first-order valence-corrected chi connectivity index (χ1v) is 12.9. The number of carbonyl (C=O) groups is 1. The number of hydrogen-bond acceptors (Lipinski definition) is 8. The van der Waals surface area contributed by atoms with Crippen molar-refractivity contribution in [1.82, 2.24) is 5.01 Å². The fourth-order valence-electron chi connectivity index (χ4n) is 4.01. The van der Waals surface area contributed by atoms with Crippen LogP contribution in [0, 0.1) is 12.3 Å². The van der Waals surface area contributed by atoms with E-state index in [1.54, 1.807) is 31.4 Å². The number of hydrazone groups is 1. The van der Waals surface area contributed by atoms with Crippen molar-refractivity contribution in [3.05, 3.63) is 89.0 Å². The number of nitrogens with one attached hydrogen (secondary N) is 1. The molecule has 198 valence electrons. The van der Waals surface area contributed by atoms with Crippen LogP contribution in [0.3, 0.4) is 0 Å². The molecule has 10 heteroatoms. The summed E-state index contributed by atoms with van der Waals surface area (Å²) in [5.41, 5.74) is 2.79. The average Bonchev–Trinajstić information content (AvgIpc) is 3.38. The number of ether oxygens (including phenoxy) is 4. The highest BCUT2D eigenvalue weighted by Crippen LogP contribution is 2.33. The number of thioether (sulfide) groups is 1. The molecular weight excluding hydrogens is 516 g/mol. The van der Waals surface area contributed by atoms with Gasteiger partial charge in [-0.3, -0.25) is 10.2 Å². The fraction of sp³-hybridized carbons (Fsp3) is 0.172. The number of carbonyl (C=O) groups excluding carboxylic acids is 1. The second-order valence-corrected chi connectivity index (χ2v) is 9.45. The van der Waals surface area contributed by atoms with Crippen molar-refractivity contribution < 1.29 is 23.7 Å². The Labute approximate surface area is 230 Å². The summed E-state index contributed by atoms with van der Waals surface area (Å²) in [6.07, 6.45) is 1.61. The Bertz CT molecular complexity index is 1530. The summed E-state index contributed by atoms with van der Waals surface area (Å²) in [5.74, 6) is 1.77. The van der Waals surface area contributed by atoms with Crippen LogP contribution in [0.15, 0.2) is 82.4 Å². The molecule has 1 amide bonds. The van der Waals surface area contributed by atoms with E-state index in [-0.39, 0.29) is 18.0 Å². The van der Waals surface area contributed by atoms with Gasteiger partial charge in [-0.2, -0.15) is 15.1 Å². The number of aliphatic imine (C=N–C) groups is 1. The van der Waals surface area contributed by atoms with Gasteiger partial charge in [-0.05, 0) is 60.2 Å². The summed E-state index contributed by atoms with van der Waals surface area (Å²) in [6.45, 7) is 2.58. The summed E-state index contributed by atoms with van der Waals surface area (Å²) < 4.78 is 22.4. The molecule has 5 rings (SSSR count). The molecule has 3 aromatic rings. The van der Waals surface area contributed by atoms with Crippen LogP contribution in [-0.4, -0.2) is 54.4 Å². The highest BCUT2D eigenvalue weighted by molar-refractivity contribution is 8.27. The monoisotopic (exact) mass is 542 g/mol. The Morgan fingerprint density at radius 3 is 2.28 bits per heavy atom. The van der Waals surface area contributed by atoms with Crippen LogP contribution >= 0.6 is 11.8 Å². The van der Waals surface area contributed by atoms with Crippen LogP contribution in [-0.2, 0) is 4.79 Å². The molecule has 0 fully saturated rings. The lowest BCUT2D eigenvalue weighted by Gasteiger charge is -2.20. The predicted molar refractivity (Wildman–Crippen MR) is 152 cm³/mol. The lowest BCUT2D eigenvalue weighted by atomic mass is 10.1. The lowest BCUT2D eigenvalue weighted by molar-refractivity contribution is -0.114. The van der Waals surface area contributed by atoms with Gasteiger partial charge in [0.2, 0.25) is 5.17 Å². The number of nitrogens with zero attached hydrogens (tertiary/aromatic N) is 3. The standard InChI is InChI=1S/C29H26N4O5S/c1-18-8-4-5-9-20(18)28-32-33-26(30)21(27(34)31-29(33)39-28)16-19-12-13-24(25(17-19)36-3)38-15-14-37-23-11-7-6-10-22(23)35-2/h4-13,16-17,30H,14-15H2,1-3H3/b21-16-,30-26?. The van der Waals surface area contributed by atoms with Crippen LogP contribution < -0.4 is 18.9 Å². The van der Waals surface area contributed by atoms with E-state index in [1.807, 2.05) is 55.5 Å². The molecule has 2 heterocycles. The van der Waals surface area contributed by atoms with Gasteiger partial charge in [-0.1, -0.05) is 42.5 Å². The third-order valence-electron chi connectivity index (χ3n) is 6.00. The smallest absolute Gasteiger partial charge is 0.283 e. The van der Waals surface area contributed by atoms with E-state index in [9.17, 15) is 4.79 Å². The Kier molecular flexibility index (Phi) is 7.64. The second kappa shape index (κ2) is 11.4. The first-order chi connectivity index (χ1) is 19.0. The molecule has 3 aromatic carbocycles. The molecule has 0 aliphatic carbocycles. The maximum absolute atomic E-state index is 12.9. The van der Waals surface area contributed by atoms with Crippen LogP contribution in [0.2, 0.25) is 0 Å². The molecule has 2 aliphatic rings. The zero-order valence-electron chi connectivity index (χ0n) is 21.6. The van der Waals surface area contributed by atoms with E-state index in [0.29, 0.717) is 45.4 Å². The van der Waals surface area contributed by atoms with E-state index < -0.39 is 5.91 Å². The SMILES string of the molecule is COc1ccccc1OCCOc1ccc(/C=C2/C(=N)N3N=C(c4ccccc4C)SC3=NC2=O)cc1OC. The number of amides is 1. The summed E-state index contributed by atoms with van der Waals surface area (Å²) in [5, 5.41) is 15.7. The Morgan fingerprint density at radius 2 is 1.56 bits per heavy atom. The molecule has 39 heavy (non-hydrogen) atoms. The number of hydrogen-bond donors (Lipinski definition) is 1. The zero-order chi connectivity index (χ0) is 27.4. The minimum atomic E-state index is -0.493. The lowest BCUT2D eigenvalue weighted by Crippen LogP contribution is -2.35. The normalized spacial score (nSPS) is 15.6. The highest BCUT2D eigenvalue weighted by Gasteiger charge is 2.36. The van der Waals surface area contributed by atoms with E-state index in [1.165, 1.54) is 23.9 Å². The van der Waals surface area contributed by atoms with Gasteiger partial charge in [0.25, 0.3) is 5.91 Å². The highest BCUT2D eigenvalue weighted by atomic mass is 32.2. The summed E-state index contributed by atoms with van der Waals surface area (Å²) in [4.78, 5) is 17.0. The molecule has 1 N–H and O–H groups in total. The molecule has 2 aliphatic heterocycles. The van der Waals surface area contributed by atoms with Crippen molar-refractivity contribution in [2.24, 2.45) is 10.1 Å². The third kappa shape index (κ3) is 5.51. The molecule has 0 saturated heterocycles. The number of aryl methyl sites for hydroxylation is 1. The molecule has 0 saturated carbocycles. The predicted octanol–water partition coefficient (Wildman–Crippen LogP) is 5.14. The number of amidine groups is 2. The number of para-hydroxylation sites is 2. The summed E-state index contributed by atoms with van der Waals surface area (Å²) in [7, 11) is 3.13. The first kappa shape index (κ1) is 26.1. The summed E-state index contributed by atoms with van der Waals surface area (Å²) in [6, 6.07) is 20.5. The first-order valence-electron chi connectivity index (χ1n) is 12.1. The van der Waals surface area contributed by atoms with Gasteiger partial charge in [-0.15, -0.1) is 0 Å². The second-order valence-electron chi connectivity index (χ2n) is 8.50. The van der Waals surface area contributed by atoms with Gasteiger partial charge in [0.1, 0.15) is 18.3 Å². The summed E-state index contributed by atoms with van der Waals surface area (Å²) >= 11 is 1.28. The van der Waals surface area contributed by atoms with Crippen LogP contribution in [0.5, 0.6) is 23.0 Å². The number of fused-ring (bicyclic) bond motifs is 1. The number of benzene rings is 3. The zero-order valence-corrected chi connectivity index (χ0v) is 22.5. The van der Waals surface area contributed by atoms with E-state index in [4.69, 9.17) is 24.4 Å². The van der Waals surface area contributed by atoms with Gasteiger partial charge >= 0.3 is 0 Å². The van der Waals surface area contributed by atoms with Crippen LogP contribution in [0.4, 0.5) is 0 Å². The number of rotatable bonds is 9. The third-order valence-corrected chi connectivity index (χ3v) is 6.94. The number of methoxy groups -OCH3 is 2. The molecule has 0 unspecified atom stereocenters. The minimum Gasteiger partial charge on any atom is -0.493 e.